The summed E-state index contributed by atoms with van der Waals surface area (Å²) >= 11 is 19.2. The molecule has 0 aliphatic rings. The van der Waals surface area contributed by atoms with Gasteiger partial charge in [0, 0.05) is 14.1 Å². The molecule has 0 aliphatic heterocycles. The number of amides is 2. The van der Waals surface area contributed by atoms with Crippen molar-refractivity contribution in [3.8, 4) is 0 Å². The maximum absolute atomic E-state index is 12.1. The number of esters is 1. The van der Waals surface area contributed by atoms with E-state index in [1.807, 2.05) is 0 Å². The minimum Gasteiger partial charge on any atom is -0.465 e. The van der Waals surface area contributed by atoms with Crippen LogP contribution in [0.3, 0.4) is 0 Å². The number of hydrogen-bond donors (Lipinski definition) is 0. The number of nitrogens with zero attached hydrogens (tertiary/aromatic N) is 2. The van der Waals surface area contributed by atoms with Crippen molar-refractivity contribution in [1.29, 1.82) is 0 Å². The van der Waals surface area contributed by atoms with Gasteiger partial charge in [0.25, 0.3) is 11.1 Å². The summed E-state index contributed by atoms with van der Waals surface area (Å²) in [7, 11) is 4.27. The van der Waals surface area contributed by atoms with Gasteiger partial charge < -0.3 is 9.64 Å². The van der Waals surface area contributed by atoms with Crippen molar-refractivity contribution in [3.05, 3.63) is 19.3 Å². The minimum absolute atomic E-state index is 0.00649. The van der Waals surface area contributed by atoms with Gasteiger partial charge in [0.15, 0.2) is 0 Å². The number of ether oxygens (including phenoxy) is 1. The molecule has 0 atom stereocenters. The largest absolute Gasteiger partial charge is 0.465 e. The number of carbonyl (C=O) groups is 3. The topological polar surface area (TPSA) is 76.0 Å². The molecule has 23 heavy (non-hydrogen) atoms. The molecule has 0 aliphatic carbocycles. The van der Waals surface area contributed by atoms with Gasteiger partial charge in [-0.3, -0.25) is 9.59 Å². The van der Waals surface area contributed by atoms with E-state index in [1.165, 1.54) is 4.90 Å². The Morgan fingerprint density at radius 3 is 2.26 bits per heavy atom. The lowest BCUT2D eigenvalue weighted by atomic mass is 10.4. The molecule has 0 saturated heterocycles. The van der Waals surface area contributed by atoms with E-state index in [0.717, 1.165) is 30.2 Å². The van der Waals surface area contributed by atoms with Gasteiger partial charge in [-0.2, -0.15) is 0 Å². The predicted molar refractivity (Wildman–Crippen MR) is 94.7 cm³/mol. The molecule has 0 aromatic carbocycles. The highest BCUT2D eigenvalue weighted by Gasteiger charge is 2.22. The number of halogens is 3. The fourth-order valence-electron chi connectivity index (χ4n) is 1.19. The van der Waals surface area contributed by atoms with E-state index in [1.54, 1.807) is 14.1 Å². The summed E-state index contributed by atoms with van der Waals surface area (Å²) in [5.41, 5.74) is -0.214. The molecular formula is C12H11Cl3N2O4S2. The summed E-state index contributed by atoms with van der Waals surface area (Å²) in [4.78, 5) is 40.4. The Balaban J connectivity index is 3.03. The van der Waals surface area contributed by atoms with Gasteiger partial charge in [-0.15, -0.1) is 11.3 Å². The number of methoxy groups -OCH3 is 1. The highest BCUT2D eigenvalue weighted by Crippen LogP contribution is 2.40. The maximum atomic E-state index is 12.1. The quantitative estimate of drug-likeness (QED) is 0.549. The summed E-state index contributed by atoms with van der Waals surface area (Å²) in [6.07, 6.45) is 0. The van der Waals surface area contributed by atoms with Gasteiger partial charge in [-0.25, -0.2) is 9.79 Å². The smallest absolute Gasteiger partial charge is 0.353 e. The van der Waals surface area contributed by atoms with Crippen LogP contribution in [0.15, 0.2) is 4.99 Å². The second kappa shape index (κ2) is 8.89. The molecule has 0 spiro atoms. The fourth-order valence-corrected chi connectivity index (χ4v) is 3.57. The van der Waals surface area contributed by atoms with Gasteiger partial charge in [0.05, 0.1) is 22.9 Å². The molecule has 0 N–H and O–H groups in total. The molecule has 2 amide bonds. The van der Waals surface area contributed by atoms with Crippen LogP contribution in [0, 0.1) is 0 Å². The SMILES string of the molecule is COC(=O)C(CSC(=O)N(C)C)=NC(=O)c1sc(Cl)c(Cl)c1Cl. The van der Waals surface area contributed by atoms with Gasteiger partial charge in [0.1, 0.15) is 14.9 Å². The first-order chi connectivity index (χ1) is 10.7. The van der Waals surface area contributed by atoms with Gasteiger partial charge in [-0.05, 0) is 0 Å². The third kappa shape index (κ3) is 5.36. The van der Waals surface area contributed by atoms with Crippen molar-refractivity contribution in [2.75, 3.05) is 27.0 Å². The number of thioether (sulfide) groups is 1. The summed E-state index contributed by atoms with van der Waals surface area (Å²) in [6.45, 7) is 0. The van der Waals surface area contributed by atoms with E-state index in [-0.39, 0.29) is 36.0 Å². The van der Waals surface area contributed by atoms with Crippen molar-refractivity contribution in [2.24, 2.45) is 4.99 Å². The Bertz CT molecular complexity index is 674. The normalized spacial score (nSPS) is 11.3. The lowest BCUT2D eigenvalue weighted by Crippen LogP contribution is -2.23. The van der Waals surface area contributed by atoms with Crippen LogP contribution in [0.25, 0.3) is 0 Å². The molecule has 126 valence electrons. The van der Waals surface area contributed by atoms with E-state index in [9.17, 15) is 14.4 Å². The van der Waals surface area contributed by atoms with Crippen molar-refractivity contribution in [1.82, 2.24) is 4.90 Å². The van der Waals surface area contributed by atoms with Crippen LogP contribution >= 0.6 is 57.9 Å². The molecule has 1 aromatic rings. The fraction of sp³-hybridized carbons (Fsp3) is 0.333. The van der Waals surface area contributed by atoms with Crippen molar-refractivity contribution in [2.45, 2.75) is 0 Å². The standard InChI is InChI=1S/C12H11Cl3N2O4S2/c1-17(2)12(20)22-4-5(11(19)21-3)16-10(18)8-6(13)7(14)9(15)23-8/h4H2,1-3H3. The minimum atomic E-state index is -0.817. The lowest BCUT2D eigenvalue weighted by Gasteiger charge is -2.09. The summed E-state index contributed by atoms with van der Waals surface area (Å²) < 4.78 is 4.70. The molecule has 0 unspecified atom stereocenters. The Morgan fingerprint density at radius 1 is 1.22 bits per heavy atom. The number of aliphatic imine (C=N–C) groups is 1. The zero-order chi connectivity index (χ0) is 17.7. The molecular weight excluding hydrogens is 407 g/mol. The first-order valence-corrected chi connectivity index (χ1v) is 8.80. The molecule has 0 radical (unpaired) electrons. The van der Waals surface area contributed by atoms with Crippen molar-refractivity contribution in [3.63, 3.8) is 0 Å². The van der Waals surface area contributed by atoms with Gasteiger partial charge in [-0.1, -0.05) is 46.6 Å². The van der Waals surface area contributed by atoms with Crippen LogP contribution in [-0.2, 0) is 9.53 Å². The van der Waals surface area contributed by atoms with Crippen molar-refractivity contribution >= 4 is 80.7 Å². The number of hydrogen-bond acceptors (Lipinski definition) is 6. The molecule has 0 saturated carbocycles. The average Bonchev–Trinajstić information content (AvgIpc) is 2.77. The Labute approximate surface area is 155 Å². The van der Waals surface area contributed by atoms with Crippen LogP contribution in [0.4, 0.5) is 4.79 Å². The third-order valence-electron chi connectivity index (χ3n) is 2.31. The predicted octanol–water partition coefficient (Wildman–Crippen LogP) is 3.88. The summed E-state index contributed by atoms with van der Waals surface area (Å²) in [5.74, 6) is -1.73. The first-order valence-electron chi connectivity index (χ1n) is 5.86. The third-order valence-corrected chi connectivity index (χ3v) is 5.90. The Kier molecular flexibility index (Phi) is 7.82. The lowest BCUT2D eigenvalue weighted by molar-refractivity contribution is -0.132. The van der Waals surface area contributed by atoms with Crippen LogP contribution in [-0.4, -0.2) is 54.7 Å². The summed E-state index contributed by atoms with van der Waals surface area (Å²) in [6, 6.07) is 0. The van der Waals surface area contributed by atoms with E-state index >= 15 is 0 Å². The Morgan fingerprint density at radius 2 is 1.83 bits per heavy atom. The second-order valence-corrected chi connectivity index (χ2v) is 7.44. The van der Waals surface area contributed by atoms with Crippen LogP contribution in [0.1, 0.15) is 9.67 Å². The molecule has 0 fully saturated rings. The van der Waals surface area contributed by atoms with E-state index in [4.69, 9.17) is 34.8 Å². The number of thiophene rings is 1. The van der Waals surface area contributed by atoms with E-state index < -0.39 is 11.9 Å². The zero-order valence-electron chi connectivity index (χ0n) is 12.2. The highest BCUT2D eigenvalue weighted by atomic mass is 35.5. The summed E-state index contributed by atoms with van der Waals surface area (Å²) in [5, 5.41) is -0.278. The number of rotatable bonds is 4. The molecule has 0 bridgehead atoms. The molecule has 1 aromatic heterocycles. The number of carbonyl (C=O) groups excluding carboxylic acids is 3. The van der Waals surface area contributed by atoms with Crippen LogP contribution in [0.5, 0.6) is 0 Å². The molecule has 1 rings (SSSR count). The van der Waals surface area contributed by atoms with E-state index in [0.29, 0.717) is 0 Å². The molecule has 11 heteroatoms. The Hall–Kier alpha value is -0.800. The van der Waals surface area contributed by atoms with Crippen LogP contribution in [0.2, 0.25) is 14.4 Å². The molecule has 6 nitrogen and oxygen atoms in total. The molecule has 1 heterocycles. The average molecular weight is 418 g/mol. The van der Waals surface area contributed by atoms with Crippen molar-refractivity contribution < 1.29 is 19.1 Å². The first kappa shape index (κ1) is 20.2. The van der Waals surface area contributed by atoms with E-state index in [2.05, 4.69) is 9.73 Å². The zero-order valence-corrected chi connectivity index (χ0v) is 16.1. The van der Waals surface area contributed by atoms with Gasteiger partial charge in [0.2, 0.25) is 0 Å². The van der Waals surface area contributed by atoms with Gasteiger partial charge >= 0.3 is 5.97 Å². The van der Waals surface area contributed by atoms with Crippen LogP contribution < -0.4 is 0 Å². The second-order valence-electron chi connectivity index (χ2n) is 4.14. The monoisotopic (exact) mass is 416 g/mol. The highest BCUT2D eigenvalue weighted by molar-refractivity contribution is 8.14. The maximum Gasteiger partial charge on any atom is 0.353 e.